The zero-order chi connectivity index (χ0) is 20.3. The Balaban J connectivity index is 1.54. The minimum absolute atomic E-state index is 0.0887. The van der Waals surface area contributed by atoms with Crippen LogP contribution in [0.3, 0.4) is 0 Å². The maximum atomic E-state index is 12.3. The van der Waals surface area contributed by atoms with Crippen molar-refractivity contribution in [2.24, 2.45) is 5.92 Å². The fourth-order valence-corrected chi connectivity index (χ4v) is 3.24. The zero-order valence-corrected chi connectivity index (χ0v) is 16.3. The Bertz CT molecular complexity index is 923. The van der Waals surface area contributed by atoms with Gasteiger partial charge in [0.25, 0.3) is 5.91 Å². The average molecular weight is 380 g/mol. The van der Waals surface area contributed by atoms with Crippen molar-refractivity contribution in [1.29, 1.82) is 0 Å². The molecule has 2 aromatic carbocycles. The minimum Gasteiger partial charge on any atom is -0.455 e. The third-order valence-corrected chi connectivity index (χ3v) is 5.00. The Kier molecular flexibility index (Phi) is 5.78. The smallest absolute Gasteiger partial charge is 0.311 e. The van der Waals surface area contributed by atoms with E-state index >= 15 is 0 Å². The van der Waals surface area contributed by atoms with Crippen LogP contribution in [0.5, 0.6) is 0 Å². The maximum Gasteiger partial charge on any atom is 0.311 e. The Morgan fingerprint density at radius 3 is 2.64 bits per heavy atom. The summed E-state index contributed by atoms with van der Waals surface area (Å²) in [6.07, 6.45) is 0.0887. The van der Waals surface area contributed by atoms with Gasteiger partial charge in [-0.15, -0.1) is 0 Å². The van der Waals surface area contributed by atoms with Gasteiger partial charge in [-0.2, -0.15) is 0 Å². The minimum atomic E-state index is -0.568. The van der Waals surface area contributed by atoms with Crippen LogP contribution in [0.15, 0.2) is 42.5 Å². The van der Waals surface area contributed by atoms with Gasteiger partial charge in [-0.3, -0.25) is 14.4 Å². The largest absolute Gasteiger partial charge is 0.455 e. The highest BCUT2D eigenvalue weighted by Crippen LogP contribution is 2.26. The van der Waals surface area contributed by atoms with Crippen molar-refractivity contribution in [3.8, 4) is 0 Å². The molecule has 0 radical (unpaired) electrons. The van der Waals surface area contributed by atoms with E-state index in [1.54, 1.807) is 11.0 Å². The number of esters is 1. The van der Waals surface area contributed by atoms with E-state index in [0.29, 0.717) is 5.69 Å². The molecule has 2 amide bonds. The van der Waals surface area contributed by atoms with Crippen molar-refractivity contribution in [3.63, 3.8) is 0 Å². The molecule has 0 spiro atoms. The van der Waals surface area contributed by atoms with E-state index in [9.17, 15) is 14.4 Å². The van der Waals surface area contributed by atoms with E-state index < -0.39 is 17.8 Å². The summed E-state index contributed by atoms with van der Waals surface area (Å²) < 4.78 is 5.16. The van der Waals surface area contributed by atoms with Crippen molar-refractivity contribution >= 4 is 29.2 Å². The molecule has 6 nitrogen and oxygen atoms in total. The highest BCUT2D eigenvalue weighted by molar-refractivity contribution is 6.00. The van der Waals surface area contributed by atoms with E-state index in [1.165, 1.54) is 0 Å². The van der Waals surface area contributed by atoms with Crippen LogP contribution in [0.1, 0.15) is 23.1 Å². The summed E-state index contributed by atoms with van der Waals surface area (Å²) >= 11 is 0. The lowest BCUT2D eigenvalue weighted by Crippen LogP contribution is -2.28. The molecule has 1 heterocycles. The fourth-order valence-electron chi connectivity index (χ4n) is 3.24. The second kappa shape index (κ2) is 8.25. The molecule has 1 N–H and O–H groups in total. The summed E-state index contributed by atoms with van der Waals surface area (Å²) in [7, 11) is 0. The number of rotatable bonds is 5. The van der Waals surface area contributed by atoms with Gasteiger partial charge in [0.1, 0.15) is 0 Å². The fraction of sp³-hybridized carbons (Fsp3) is 0.318. The summed E-state index contributed by atoms with van der Waals surface area (Å²) in [6, 6.07) is 13.2. The molecule has 0 bridgehead atoms. The Morgan fingerprint density at radius 2 is 1.89 bits per heavy atom. The number of nitrogens with one attached hydrogen (secondary N) is 1. The van der Waals surface area contributed by atoms with Crippen LogP contribution in [0, 0.1) is 26.7 Å². The molecule has 0 saturated carbocycles. The first-order chi connectivity index (χ1) is 13.3. The second-order valence-electron chi connectivity index (χ2n) is 7.15. The van der Waals surface area contributed by atoms with Gasteiger partial charge in [0, 0.05) is 24.3 Å². The molecule has 0 aliphatic carbocycles. The van der Waals surface area contributed by atoms with E-state index in [4.69, 9.17) is 4.74 Å². The van der Waals surface area contributed by atoms with E-state index in [2.05, 4.69) is 5.32 Å². The molecule has 0 aromatic heterocycles. The standard InChI is InChI=1S/C22H24N2O4/c1-14-6-4-8-18(10-14)24-12-17(11-21(24)26)22(27)28-13-20(25)23-19-9-5-7-15(2)16(19)3/h4-10,17H,11-13H2,1-3H3,(H,23,25)/t17-/m0/s1. The highest BCUT2D eigenvalue weighted by Gasteiger charge is 2.36. The lowest BCUT2D eigenvalue weighted by Gasteiger charge is -2.17. The van der Waals surface area contributed by atoms with Gasteiger partial charge in [-0.1, -0.05) is 24.3 Å². The number of carbonyl (C=O) groups excluding carboxylic acids is 3. The maximum absolute atomic E-state index is 12.3. The van der Waals surface area contributed by atoms with E-state index in [0.717, 1.165) is 22.4 Å². The quantitative estimate of drug-likeness (QED) is 0.809. The van der Waals surface area contributed by atoms with Crippen molar-refractivity contribution in [2.75, 3.05) is 23.4 Å². The van der Waals surface area contributed by atoms with Crippen molar-refractivity contribution in [2.45, 2.75) is 27.2 Å². The molecular formula is C22H24N2O4. The number of aryl methyl sites for hydroxylation is 2. The van der Waals surface area contributed by atoms with Gasteiger partial charge in [0.15, 0.2) is 6.61 Å². The predicted molar refractivity (Wildman–Crippen MR) is 107 cm³/mol. The lowest BCUT2D eigenvalue weighted by molar-refractivity contribution is -0.151. The molecular weight excluding hydrogens is 356 g/mol. The van der Waals surface area contributed by atoms with Crippen LogP contribution in [-0.4, -0.2) is 30.9 Å². The Morgan fingerprint density at radius 1 is 1.14 bits per heavy atom. The van der Waals surface area contributed by atoms with Crippen LogP contribution in [0.2, 0.25) is 0 Å². The van der Waals surface area contributed by atoms with Gasteiger partial charge < -0.3 is 15.0 Å². The number of benzene rings is 2. The van der Waals surface area contributed by atoms with Crippen molar-refractivity contribution in [1.82, 2.24) is 0 Å². The van der Waals surface area contributed by atoms with Crippen LogP contribution in [0.25, 0.3) is 0 Å². The van der Waals surface area contributed by atoms with Crippen LogP contribution in [-0.2, 0) is 19.1 Å². The van der Waals surface area contributed by atoms with Gasteiger partial charge >= 0.3 is 5.97 Å². The monoisotopic (exact) mass is 380 g/mol. The number of ether oxygens (including phenoxy) is 1. The van der Waals surface area contributed by atoms with Gasteiger partial charge in [0.2, 0.25) is 5.91 Å². The molecule has 1 atom stereocenters. The number of hydrogen-bond donors (Lipinski definition) is 1. The molecule has 1 saturated heterocycles. The lowest BCUT2D eigenvalue weighted by atomic mass is 10.1. The number of nitrogens with zero attached hydrogens (tertiary/aromatic N) is 1. The second-order valence-corrected chi connectivity index (χ2v) is 7.15. The summed E-state index contributed by atoms with van der Waals surface area (Å²) in [6.45, 7) is 5.72. The molecule has 1 aliphatic rings. The molecule has 146 valence electrons. The first-order valence-electron chi connectivity index (χ1n) is 9.25. The van der Waals surface area contributed by atoms with E-state index in [-0.39, 0.29) is 25.5 Å². The number of hydrogen-bond acceptors (Lipinski definition) is 4. The SMILES string of the molecule is Cc1cccc(N2C[C@@H](C(=O)OCC(=O)Nc3cccc(C)c3C)CC2=O)c1. The topological polar surface area (TPSA) is 75.7 Å². The molecule has 1 fully saturated rings. The number of carbonyl (C=O) groups is 3. The third-order valence-electron chi connectivity index (χ3n) is 5.00. The molecule has 0 unspecified atom stereocenters. The Hall–Kier alpha value is -3.15. The number of anilines is 2. The number of amides is 2. The van der Waals surface area contributed by atoms with Crippen LogP contribution in [0.4, 0.5) is 11.4 Å². The van der Waals surface area contributed by atoms with Crippen molar-refractivity contribution in [3.05, 3.63) is 59.2 Å². The highest BCUT2D eigenvalue weighted by atomic mass is 16.5. The predicted octanol–water partition coefficient (Wildman–Crippen LogP) is 3.15. The average Bonchev–Trinajstić information content (AvgIpc) is 3.05. The molecule has 1 aliphatic heterocycles. The zero-order valence-electron chi connectivity index (χ0n) is 16.3. The van der Waals surface area contributed by atoms with E-state index in [1.807, 2.05) is 57.2 Å². The first-order valence-corrected chi connectivity index (χ1v) is 9.25. The van der Waals surface area contributed by atoms with Crippen molar-refractivity contribution < 1.29 is 19.1 Å². The first kappa shape index (κ1) is 19.6. The van der Waals surface area contributed by atoms with Gasteiger partial charge in [-0.05, 0) is 55.7 Å². The third kappa shape index (κ3) is 4.39. The molecule has 3 rings (SSSR count). The summed E-state index contributed by atoms with van der Waals surface area (Å²) in [5, 5.41) is 2.75. The van der Waals surface area contributed by atoms with Crippen LogP contribution >= 0.6 is 0 Å². The van der Waals surface area contributed by atoms with Gasteiger partial charge in [-0.25, -0.2) is 0 Å². The van der Waals surface area contributed by atoms with Gasteiger partial charge in [0.05, 0.1) is 5.92 Å². The summed E-state index contributed by atoms with van der Waals surface area (Å²) in [5.41, 5.74) is 4.54. The normalized spacial score (nSPS) is 16.2. The molecule has 2 aromatic rings. The molecule has 28 heavy (non-hydrogen) atoms. The summed E-state index contributed by atoms with van der Waals surface area (Å²) in [5.74, 6) is -1.62. The Labute approximate surface area is 164 Å². The van der Waals surface area contributed by atoms with Crippen LogP contribution < -0.4 is 10.2 Å². The summed E-state index contributed by atoms with van der Waals surface area (Å²) in [4.78, 5) is 38.3. The molecule has 6 heteroatoms.